The van der Waals surface area contributed by atoms with Gasteiger partial charge in [-0.05, 0) is 44.9 Å². The van der Waals surface area contributed by atoms with E-state index in [1.54, 1.807) is 6.92 Å². The zero-order chi connectivity index (χ0) is 14.5. The van der Waals surface area contributed by atoms with Gasteiger partial charge in [-0.1, -0.05) is 18.2 Å². The molecule has 0 spiro atoms. The molecule has 4 heteroatoms. The minimum atomic E-state index is -0.0106. The van der Waals surface area contributed by atoms with Gasteiger partial charge >= 0.3 is 0 Å². The molecule has 0 bridgehead atoms. The molecule has 1 unspecified atom stereocenters. The molecule has 1 aromatic rings. The third-order valence-corrected chi connectivity index (χ3v) is 3.87. The highest BCUT2D eigenvalue weighted by atomic mass is 16.2. The molecule has 1 aliphatic rings. The number of para-hydroxylation sites is 1. The van der Waals surface area contributed by atoms with Gasteiger partial charge in [0, 0.05) is 18.2 Å². The Labute approximate surface area is 120 Å². The van der Waals surface area contributed by atoms with Crippen molar-refractivity contribution in [1.82, 2.24) is 4.90 Å². The van der Waals surface area contributed by atoms with Crippen LogP contribution in [0.3, 0.4) is 0 Å². The molecule has 1 N–H and O–H groups in total. The summed E-state index contributed by atoms with van der Waals surface area (Å²) in [5.74, 6) is 0.313. The molecule has 1 fully saturated rings. The lowest BCUT2D eigenvalue weighted by Gasteiger charge is -2.30. The number of anilines is 1. The first-order valence-corrected chi connectivity index (χ1v) is 7.14. The van der Waals surface area contributed by atoms with Crippen molar-refractivity contribution in [3.05, 3.63) is 29.8 Å². The Morgan fingerprint density at radius 1 is 1.35 bits per heavy atom. The van der Waals surface area contributed by atoms with Crippen molar-refractivity contribution in [2.75, 3.05) is 25.0 Å². The molecule has 1 saturated heterocycles. The maximum absolute atomic E-state index is 12.1. The number of nitrogens with one attached hydrogen (secondary N) is 1. The fraction of sp³-hybridized carbons (Fsp3) is 0.500. The van der Waals surface area contributed by atoms with Gasteiger partial charge in [-0.25, -0.2) is 0 Å². The number of rotatable bonds is 4. The molecule has 0 aliphatic carbocycles. The van der Waals surface area contributed by atoms with Gasteiger partial charge < -0.3 is 5.32 Å². The molecule has 4 nitrogen and oxygen atoms in total. The minimum Gasteiger partial charge on any atom is -0.325 e. The molecular weight excluding hydrogens is 252 g/mol. The summed E-state index contributed by atoms with van der Waals surface area (Å²) in [5, 5.41) is 2.94. The van der Waals surface area contributed by atoms with Crippen LogP contribution in [0.1, 0.15) is 25.3 Å². The summed E-state index contributed by atoms with van der Waals surface area (Å²) in [6, 6.07) is 7.74. The van der Waals surface area contributed by atoms with Gasteiger partial charge in [-0.2, -0.15) is 0 Å². The predicted molar refractivity (Wildman–Crippen MR) is 79.7 cm³/mol. The number of likely N-dealkylation sites (tertiary alicyclic amines) is 1. The van der Waals surface area contributed by atoms with E-state index in [0.29, 0.717) is 13.1 Å². The van der Waals surface area contributed by atoms with E-state index in [9.17, 15) is 9.59 Å². The van der Waals surface area contributed by atoms with Gasteiger partial charge in [0.25, 0.3) is 0 Å². The monoisotopic (exact) mass is 274 g/mol. The van der Waals surface area contributed by atoms with Gasteiger partial charge in [0.2, 0.25) is 5.91 Å². The highest BCUT2D eigenvalue weighted by molar-refractivity contribution is 5.93. The van der Waals surface area contributed by atoms with E-state index in [2.05, 4.69) is 10.2 Å². The van der Waals surface area contributed by atoms with Crippen LogP contribution in [0, 0.1) is 12.8 Å². The number of nitrogens with zero attached hydrogens (tertiary/aromatic N) is 1. The largest absolute Gasteiger partial charge is 0.325 e. The van der Waals surface area contributed by atoms with E-state index in [1.165, 1.54) is 0 Å². The lowest BCUT2D eigenvalue weighted by molar-refractivity contribution is -0.124. The van der Waals surface area contributed by atoms with Crippen LogP contribution < -0.4 is 5.32 Å². The fourth-order valence-corrected chi connectivity index (χ4v) is 2.64. The molecule has 20 heavy (non-hydrogen) atoms. The molecule has 1 heterocycles. The number of amides is 1. The molecule has 1 aromatic carbocycles. The summed E-state index contributed by atoms with van der Waals surface area (Å²) in [6.45, 7) is 5.57. The molecular formula is C16H22N2O2. The van der Waals surface area contributed by atoms with Crippen LogP contribution in [0.5, 0.6) is 0 Å². The molecule has 0 aromatic heterocycles. The summed E-state index contributed by atoms with van der Waals surface area (Å²) < 4.78 is 0. The Balaban J connectivity index is 1.88. The molecule has 0 saturated carbocycles. The number of aryl methyl sites for hydroxylation is 1. The van der Waals surface area contributed by atoms with E-state index in [-0.39, 0.29) is 17.6 Å². The predicted octanol–water partition coefficient (Wildman–Crippen LogP) is 2.23. The molecule has 1 atom stereocenters. The van der Waals surface area contributed by atoms with Gasteiger partial charge in [-0.15, -0.1) is 0 Å². The first kappa shape index (κ1) is 14.7. The Hall–Kier alpha value is -1.68. The maximum atomic E-state index is 12.1. The van der Waals surface area contributed by atoms with E-state index in [0.717, 1.165) is 30.6 Å². The van der Waals surface area contributed by atoms with Crippen LogP contribution in [0.2, 0.25) is 0 Å². The topological polar surface area (TPSA) is 49.4 Å². The van der Waals surface area contributed by atoms with Crippen LogP contribution >= 0.6 is 0 Å². The number of ketones is 1. The van der Waals surface area contributed by atoms with Crippen molar-refractivity contribution in [3.8, 4) is 0 Å². The molecule has 0 radical (unpaired) electrons. The van der Waals surface area contributed by atoms with Crippen molar-refractivity contribution in [2.45, 2.75) is 26.7 Å². The van der Waals surface area contributed by atoms with Crippen LogP contribution in [0.4, 0.5) is 5.69 Å². The van der Waals surface area contributed by atoms with Crippen LogP contribution in [0.15, 0.2) is 24.3 Å². The molecule has 108 valence electrons. The number of Topliss-reactive ketones (excluding diaryl/α,β-unsaturated/α-hetero) is 1. The number of hydrogen-bond donors (Lipinski definition) is 1. The summed E-state index contributed by atoms with van der Waals surface area (Å²) in [4.78, 5) is 25.6. The van der Waals surface area contributed by atoms with E-state index in [4.69, 9.17) is 0 Å². The van der Waals surface area contributed by atoms with Crippen molar-refractivity contribution >= 4 is 17.4 Å². The average Bonchev–Trinajstić information content (AvgIpc) is 2.41. The second-order valence-corrected chi connectivity index (χ2v) is 5.55. The van der Waals surface area contributed by atoms with Gasteiger partial charge in [0.05, 0.1) is 6.54 Å². The standard InChI is InChI=1S/C16H22N2O2/c1-12-6-3-4-8-15(12)17-16(20)11-18-9-5-7-14(10-18)13(2)19/h3-4,6,8,14H,5,7,9-11H2,1-2H3,(H,17,20). The second-order valence-electron chi connectivity index (χ2n) is 5.55. The van der Waals surface area contributed by atoms with Crippen molar-refractivity contribution in [2.24, 2.45) is 5.92 Å². The molecule has 1 amide bonds. The summed E-state index contributed by atoms with van der Waals surface area (Å²) >= 11 is 0. The third kappa shape index (κ3) is 3.90. The van der Waals surface area contributed by atoms with E-state index in [1.807, 2.05) is 31.2 Å². The Bertz CT molecular complexity index is 499. The lowest BCUT2D eigenvalue weighted by Crippen LogP contribution is -2.42. The van der Waals surface area contributed by atoms with E-state index < -0.39 is 0 Å². The normalized spacial score (nSPS) is 19.6. The lowest BCUT2D eigenvalue weighted by atomic mass is 9.95. The number of carbonyl (C=O) groups is 2. The van der Waals surface area contributed by atoms with Crippen LogP contribution in [0.25, 0.3) is 0 Å². The summed E-state index contributed by atoms with van der Waals surface area (Å²) in [5.41, 5.74) is 1.92. The zero-order valence-electron chi connectivity index (χ0n) is 12.2. The highest BCUT2D eigenvalue weighted by Gasteiger charge is 2.24. The van der Waals surface area contributed by atoms with E-state index >= 15 is 0 Å². The average molecular weight is 274 g/mol. The maximum Gasteiger partial charge on any atom is 0.238 e. The number of benzene rings is 1. The van der Waals surface area contributed by atoms with Crippen molar-refractivity contribution < 1.29 is 9.59 Å². The highest BCUT2D eigenvalue weighted by Crippen LogP contribution is 2.17. The quantitative estimate of drug-likeness (QED) is 0.916. The third-order valence-electron chi connectivity index (χ3n) is 3.87. The number of piperidine rings is 1. The smallest absolute Gasteiger partial charge is 0.238 e. The van der Waals surface area contributed by atoms with Crippen molar-refractivity contribution in [1.29, 1.82) is 0 Å². The van der Waals surface area contributed by atoms with Crippen LogP contribution in [-0.4, -0.2) is 36.2 Å². The Morgan fingerprint density at radius 3 is 2.80 bits per heavy atom. The number of carbonyl (C=O) groups excluding carboxylic acids is 2. The van der Waals surface area contributed by atoms with Gasteiger partial charge in [-0.3, -0.25) is 14.5 Å². The zero-order valence-corrected chi connectivity index (χ0v) is 12.2. The van der Waals surface area contributed by atoms with Crippen LogP contribution in [-0.2, 0) is 9.59 Å². The van der Waals surface area contributed by atoms with Gasteiger partial charge in [0.15, 0.2) is 0 Å². The van der Waals surface area contributed by atoms with Crippen molar-refractivity contribution in [3.63, 3.8) is 0 Å². The first-order valence-electron chi connectivity index (χ1n) is 7.14. The second kappa shape index (κ2) is 6.66. The minimum absolute atomic E-state index is 0.0106. The first-order chi connectivity index (χ1) is 9.56. The Kier molecular flexibility index (Phi) is 4.90. The fourth-order valence-electron chi connectivity index (χ4n) is 2.64. The number of hydrogen-bond acceptors (Lipinski definition) is 3. The Morgan fingerprint density at radius 2 is 2.10 bits per heavy atom. The summed E-state index contributed by atoms with van der Waals surface area (Å²) in [6.07, 6.45) is 1.94. The SMILES string of the molecule is CC(=O)C1CCCN(CC(=O)Nc2ccccc2C)C1. The molecule has 1 aliphatic heterocycles. The van der Waals surface area contributed by atoms with Gasteiger partial charge in [0.1, 0.15) is 5.78 Å². The molecule has 2 rings (SSSR count). The summed E-state index contributed by atoms with van der Waals surface area (Å²) in [7, 11) is 0.